The molecule has 0 unspecified atom stereocenters. The first-order chi connectivity index (χ1) is 9.38. The molecule has 0 aliphatic heterocycles. The van der Waals surface area contributed by atoms with Crippen LogP contribution in [0.15, 0.2) is 41.1 Å². The second kappa shape index (κ2) is 5.36. The Bertz CT molecular complexity index is 677. The normalized spacial score (nSPS) is 10.8. The number of hydrogen-bond donors (Lipinski definition) is 1. The van der Waals surface area contributed by atoms with Gasteiger partial charge in [-0.1, -0.05) is 19.1 Å². The lowest BCUT2D eigenvalue weighted by molar-refractivity contribution is 0.970. The zero-order valence-electron chi connectivity index (χ0n) is 10.8. The molecule has 0 atom stereocenters. The second-order valence-corrected chi connectivity index (χ2v) is 5.13. The third kappa shape index (κ3) is 2.44. The van der Waals surface area contributed by atoms with Crippen molar-refractivity contribution in [1.29, 1.82) is 0 Å². The third-order valence-electron chi connectivity index (χ3n) is 2.93. The fourth-order valence-electron chi connectivity index (χ4n) is 1.98. The molecule has 0 aliphatic carbocycles. The Morgan fingerprint density at radius 2 is 2.05 bits per heavy atom. The SMILES string of the molecule is CCCNc1nc(-c2ccsc2)nc2ccccc12. The molecular formula is C15H15N3S. The number of anilines is 1. The molecule has 3 aromatic rings. The van der Waals surface area contributed by atoms with E-state index in [0.29, 0.717) is 0 Å². The van der Waals surface area contributed by atoms with Crippen LogP contribution in [-0.4, -0.2) is 16.5 Å². The molecule has 1 aromatic carbocycles. The Hall–Kier alpha value is -1.94. The maximum absolute atomic E-state index is 4.67. The fraction of sp³-hybridized carbons (Fsp3) is 0.200. The zero-order chi connectivity index (χ0) is 13.1. The monoisotopic (exact) mass is 269 g/mol. The van der Waals surface area contributed by atoms with Crippen molar-refractivity contribution in [3.05, 3.63) is 41.1 Å². The first-order valence-corrected chi connectivity index (χ1v) is 7.36. The standard InChI is InChI=1S/C15H15N3S/c1-2-8-16-15-12-5-3-4-6-13(12)17-14(18-15)11-7-9-19-10-11/h3-7,9-10H,2,8H2,1H3,(H,16,17,18). The van der Waals surface area contributed by atoms with Crippen LogP contribution < -0.4 is 5.32 Å². The van der Waals surface area contributed by atoms with Crippen LogP contribution >= 0.6 is 11.3 Å². The smallest absolute Gasteiger partial charge is 0.162 e. The molecule has 0 amide bonds. The minimum Gasteiger partial charge on any atom is -0.369 e. The van der Waals surface area contributed by atoms with Gasteiger partial charge in [-0.05, 0) is 30.0 Å². The molecule has 0 saturated carbocycles. The van der Waals surface area contributed by atoms with E-state index in [9.17, 15) is 0 Å². The summed E-state index contributed by atoms with van der Waals surface area (Å²) in [4.78, 5) is 9.31. The number of fused-ring (bicyclic) bond motifs is 1. The van der Waals surface area contributed by atoms with E-state index in [1.807, 2.05) is 23.6 Å². The predicted octanol–water partition coefficient (Wildman–Crippen LogP) is 4.18. The highest BCUT2D eigenvalue weighted by Crippen LogP contribution is 2.25. The number of nitrogens with zero attached hydrogens (tertiary/aromatic N) is 2. The Kier molecular flexibility index (Phi) is 3.42. The van der Waals surface area contributed by atoms with Crippen LogP contribution in [0.4, 0.5) is 5.82 Å². The van der Waals surface area contributed by atoms with Crippen molar-refractivity contribution in [2.75, 3.05) is 11.9 Å². The molecule has 1 N–H and O–H groups in total. The molecule has 0 bridgehead atoms. The summed E-state index contributed by atoms with van der Waals surface area (Å²) in [6.45, 7) is 3.07. The van der Waals surface area contributed by atoms with Crippen LogP contribution in [0, 0.1) is 0 Å². The summed E-state index contributed by atoms with van der Waals surface area (Å²) in [6.07, 6.45) is 1.08. The van der Waals surface area contributed by atoms with E-state index in [0.717, 1.165) is 41.1 Å². The average Bonchev–Trinajstić information content (AvgIpc) is 2.98. The van der Waals surface area contributed by atoms with Gasteiger partial charge in [-0.15, -0.1) is 0 Å². The van der Waals surface area contributed by atoms with E-state index in [1.165, 1.54) is 0 Å². The van der Waals surface area contributed by atoms with Gasteiger partial charge in [0, 0.05) is 22.9 Å². The topological polar surface area (TPSA) is 37.8 Å². The Labute approximate surface area is 116 Å². The molecule has 4 heteroatoms. The number of rotatable bonds is 4. The van der Waals surface area contributed by atoms with Crippen LogP contribution in [-0.2, 0) is 0 Å². The predicted molar refractivity (Wildman–Crippen MR) is 81.6 cm³/mol. The molecule has 3 nitrogen and oxygen atoms in total. The summed E-state index contributed by atoms with van der Waals surface area (Å²) < 4.78 is 0. The summed E-state index contributed by atoms with van der Waals surface area (Å²) in [5.41, 5.74) is 2.06. The first kappa shape index (κ1) is 12.1. The van der Waals surface area contributed by atoms with Gasteiger partial charge in [-0.3, -0.25) is 0 Å². The maximum Gasteiger partial charge on any atom is 0.162 e. The van der Waals surface area contributed by atoms with Crippen molar-refractivity contribution in [2.24, 2.45) is 0 Å². The number of aromatic nitrogens is 2. The highest BCUT2D eigenvalue weighted by molar-refractivity contribution is 7.08. The number of benzene rings is 1. The first-order valence-electron chi connectivity index (χ1n) is 6.41. The summed E-state index contributed by atoms with van der Waals surface area (Å²) in [7, 11) is 0. The average molecular weight is 269 g/mol. The molecule has 96 valence electrons. The van der Waals surface area contributed by atoms with E-state index in [4.69, 9.17) is 0 Å². The molecule has 19 heavy (non-hydrogen) atoms. The summed E-state index contributed by atoms with van der Waals surface area (Å²) >= 11 is 1.66. The lowest BCUT2D eigenvalue weighted by atomic mass is 10.2. The van der Waals surface area contributed by atoms with Gasteiger partial charge in [0.25, 0.3) is 0 Å². The van der Waals surface area contributed by atoms with Gasteiger partial charge in [0.15, 0.2) is 5.82 Å². The number of nitrogens with one attached hydrogen (secondary N) is 1. The molecule has 0 saturated heterocycles. The van der Waals surface area contributed by atoms with E-state index >= 15 is 0 Å². The van der Waals surface area contributed by atoms with Crippen molar-refractivity contribution < 1.29 is 0 Å². The van der Waals surface area contributed by atoms with E-state index in [2.05, 4.69) is 39.7 Å². The van der Waals surface area contributed by atoms with Gasteiger partial charge < -0.3 is 5.32 Å². The van der Waals surface area contributed by atoms with Gasteiger partial charge >= 0.3 is 0 Å². The van der Waals surface area contributed by atoms with E-state index in [-0.39, 0.29) is 0 Å². The minimum atomic E-state index is 0.790. The van der Waals surface area contributed by atoms with Gasteiger partial charge in [-0.25, -0.2) is 9.97 Å². The lowest BCUT2D eigenvalue weighted by Gasteiger charge is -2.09. The van der Waals surface area contributed by atoms with Gasteiger partial charge in [0.1, 0.15) is 5.82 Å². The summed E-state index contributed by atoms with van der Waals surface area (Å²) in [5, 5.41) is 8.60. The second-order valence-electron chi connectivity index (χ2n) is 4.35. The maximum atomic E-state index is 4.67. The molecule has 0 aliphatic rings. The van der Waals surface area contributed by atoms with Crippen molar-refractivity contribution in [3.8, 4) is 11.4 Å². The van der Waals surface area contributed by atoms with E-state index < -0.39 is 0 Å². The van der Waals surface area contributed by atoms with E-state index in [1.54, 1.807) is 11.3 Å². The molecule has 0 radical (unpaired) electrons. The van der Waals surface area contributed by atoms with Crippen molar-refractivity contribution in [3.63, 3.8) is 0 Å². The largest absolute Gasteiger partial charge is 0.369 e. The molecule has 3 rings (SSSR count). The third-order valence-corrected chi connectivity index (χ3v) is 3.61. The Balaban J connectivity index is 2.15. The molecular weight excluding hydrogens is 254 g/mol. The number of para-hydroxylation sites is 1. The van der Waals surface area contributed by atoms with Crippen LogP contribution in [0.3, 0.4) is 0 Å². The molecule has 2 aromatic heterocycles. The minimum absolute atomic E-state index is 0.790. The highest BCUT2D eigenvalue weighted by atomic mass is 32.1. The molecule has 0 fully saturated rings. The zero-order valence-corrected chi connectivity index (χ0v) is 11.6. The quantitative estimate of drug-likeness (QED) is 0.772. The highest BCUT2D eigenvalue weighted by Gasteiger charge is 2.08. The fourth-order valence-corrected chi connectivity index (χ4v) is 2.61. The number of hydrogen-bond acceptors (Lipinski definition) is 4. The Morgan fingerprint density at radius 3 is 2.84 bits per heavy atom. The van der Waals surface area contributed by atoms with Crippen LogP contribution in [0.5, 0.6) is 0 Å². The number of thiophene rings is 1. The molecule has 2 heterocycles. The lowest BCUT2D eigenvalue weighted by Crippen LogP contribution is -2.04. The van der Waals surface area contributed by atoms with Crippen molar-refractivity contribution >= 4 is 28.1 Å². The van der Waals surface area contributed by atoms with Gasteiger partial charge in [0.2, 0.25) is 0 Å². The summed E-state index contributed by atoms with van der Waals surface area (Å²) in [5.74, 6) is 1.72. The van der Waals surface area contributed by atoms with Gasteiger partial charge in [0.05, 0.1) is 5.52 Å². The van der Waals surface area contributed by atoms with Crippen LogP contribution in [0.2, 0.25) is 0 Å². The Morgan fingerprint density at radius 1 is 1.16 bits per heavy atom. The van der Waals surface area contributed by atoms with Crippen LogP contribution in [0.25, 0.3) is 22.3 Å². The van der Waals surface area contributed by atoms with Crippen molar-refractivity contribution in [1.82, 2.24) is 9.97 Å². The van der Waals surface area contributed by atoms with Gasteiger partial charge in [-0.2, -0.15) is 11.3 Å². The summed E-state index contributed by atoms with van der Waals surface area (Å²) in [6, 6.07) is 10.2. The molecule has 0 spiro atoms. The van der Waals surface area contributed by atoms with Crippen LogP contribution in [0.1, 0.15) is 13.3 Å². The van der Waals surface area contributed by atoms with Crippen molar-refractivity contribution in [2.45, 2.75) is 13.3 Å².